The van der Waals surface area contributed by atoms with Gasteiger partial charge in [0, 0.05) is 25.2 Å². The highest BCUT2D eigenvalue weighted by molar-refractivity contribution is 7.89. The van der Waals surface area contributed by atoms with Crippen LogP contribution in [0, 0.1) is 0 Å². The second-order valence-electron chi connectivity index (χ2n) is 7.49. The molecular formula is C21H26N2O5S. The van der Waals surface area contributed by atoms with Gasteiger partial charge in [-0.15, -0.1) is 0 Å². The van der Waals surface area contributed by atoms with E-state index >= 15 is 0 Å². The fourth-order valence-electron chi connectivity index (χ4n) is 3.60. The van der Waals surface area contributed by atoms with Crippen LogP contribution in [0.2, 0.25) is 0 Å². The van der Waals surface area contributed by atoms with Crippen LogP contribution in [0.4, 0.5) is 0 Å². The molecule has 0 aromatic heterocycles. The van der Waals surface area contributed by atoms with Crippen molar-refractivity contribution in [3.63, 3.8) is 0 Å². The Hall–Kier alpha value is -2.29. The van der Waals surface area contributed by atoms with Gasteiger partial charge < -0.3 is 19.5 Å². The Morgan fingerprint density at radius 3 is 2.59 bits per heavy atom. The Morgan fingerprint density at radius 1 is 1.14 bits per heavy atom. The normalized spacial score (nSPS) is 17.7. The van der Waals surface area contributed by atoms with E-state index in [4.69, 9.17) is 14.2 Å². The van der Waals surface area contributed by atoms with Crippen LogP contribution in [-0.2, 0) is 16.4 Å². The highest BCUT2D eigenvalue weighted by Gasteiger charge is 2.37. The van der Waals surface area contributed by atoms with E-state index in [1.807, 2.05) is 12.1 Å². The van der Waals surface area contributed by atoms with Gasteiger partial charge in [-0.2, -0.15) is 4.31 Å². The Labute approximate surface area is 171 Å². The lowest BCUT2D eigenvalue weighted by atomic mass is 10.0. The number of ether oxygens (including phenoxy) is 3. The molecule has 7 nitrogen and oxygen atoms in total. The minimum Gasteiger partial charge on any atom is -0.497 e. The molecule has 2 aliphatic heterocycles. The molecule has 1 atom stereocenters. The van der Waals surface area contributed by atoms with Gasteiger partial charge in [-0.05, 0) is 61.7 Å². The van der Waals surface area contributed by atoms with E-state index in [2.05, 4.69) is 18.3 Å². The van der Waals surface area contributed by atoms with Gasteiger partial charge in [-0.25, -0.2) is 8.42 Å². The lowest BCUT2D eigenvalue weighted by Gasteiger charge is -2.40. The number of methoxy groups -OCH3 is 1. The summed E-state index contributed by atoms with van der Waals surface area (Å²) in [5.74, 6) is 2.25. The maximum Gasteiger partial charge on any atom is 0.243 e. The van der Waals surface area contributed by atoms with Crippen molar-refractivity contribution in [2.75, 3.05) is 27.0 Å². The molecular weight excluding hydrogens is 392 g/mol. The van der Waals surface area contributed by atoms with Gasteiger partial charge in [-0.1, -0.05) is 6.07 Å². The van der Waals surface area contributed by atoms with Crippen molar-refractivity contribution in [2.45, 2.75) is 36.7 Å². The first-order valence-electron chi connectivity index (χ1n) is 9.74. The number of rotatable bonds is 8. The number of nitrogens with zero attached hydrogens (tertiary/aromatic N) is 1. The van der Waals surface area contributed by atoms with Crippen molar-refractivity contribution < 1.29 is 22.6 Å². The topological polar surface area (TPSA) is 77.1 Å². The van der Waals surface area contributed by atoms with Gasteiger partial charge in [0.15, 0.2) is 11.5 Å². The first-order chi connectivity index (χ1) is 14.0. The molecule has 1 saturated heterocycles. The van der Waals surface area contributed by atoms with E-state index in [0.29, 0.717) is 23.7 Å². The Kier molecular flexibility index (Phi) is 5.67. The Morgan fingerprint density at radius 2 is 1.86 bits per heavy atom. The van der Waals surface area contributed by atoms with Crippen molar-refractivity contribution in [3.05, 3.63) is 48.0 Å². The lowest BCUT2D eigenvalue weighted by molar-refractivity contribution is 0.174. The van der Waals surface area contributed by atoms with Crippen LogP contribution >= 0.6 is 0 Å². The standard InChI is InChI=1S/C21H26N2O5S/c1-15(3-4-16-5-10-20-21(11-16)28-14-27-20)22-17-12-23(13-17)29(24,25)19-8-6-18(26-2)7-9-19/h5-11,15,17,22H,3-4,12-14H2,1-2H3/t15-/m1/s1. The van der Waals surface area contributed by atoms with Gasteiger partial charge >= 0.3 is 0 Å². The van der Waals surface area contributed by atoms with E-state index in [-0.39, 0.29) is 18.9 Å². The van der Waals surface area contributed by atoms with E-state index in [0.717, 1.165) is 24.3 Å². The summed E-state index contributed by atoms with van der Waals surface area (Å²) in [7, 11) is -1.89. The summed E-state index contributed by atoms with van der Waals surface area (Å²) in [6.07, 6.45) is 1.88. The molecule has 0 amide bonds. The molecule has 1 N–H and O–H groups in total. The number of hydrogen-bond donors (Lipinski definition) is 1. The molecule has 0 spiro atoms. The number of benzene rings is 2. The first kappa shape index (κ1) is 20.0. The monoisotopic (exact) mass is 418 g/mol. The van der Waals surface area contributed by atoms with Gasteiger partial charge in [0.2, 0.25) is 16.8 Å². The zero-order valence-electron chi connectivity index (χ0n) is 16.6. The molecule has 0 aliphatic carbocycles. The molecule has 2 heterocycles. The number of sulfonamides is 1. The highest BCUT2D eigenvalue weighted by atomic mass is 32.2. The summed E-state index contributed by atoms with van der Waals surface area (Å²) < 4.78 is 42.7. The largest absolute Gasteiger partial charge is 0.497 e. The van der Waals surface area contributed by atoms with Crippen molar-refractivity contribution in [2.24, 2.45) is 0 Å². The minimum absolute atomic E-state index is 0.176. The molecule has 0 radical (unpaired) electrons. The third-order valence-electron chi connectivity index (χ3n) is 5.37. The zero-order valence-corrected chi connectivity index (χ0v) is 17.4. The number of aryl methyl sites for hydroxylation is 1. The smallest absolute Gasteiger partial charge is 0.243 e. The van der Waals surface area contributed by atoms with Crippen LogP contribution in [0.5, 0.6) is 17.2 Å². The zero-order chi connectivity index (χ0) is 20.4. The average molecular weight is 419 g/mol. The van der Waals surface area contributed by atoms with Gasteiger partial charge in [-0.3, -0.25) is 0 Å². The predicted octanol–water partition coefficient (Wildman–Crippen LogP) is 2.41. The molecule has 0 bridgehead atoms. The van der Waals surface area contributed by atoms with Crippen LogP contribution in [0.3, 0.4) is 0 Å². The Bertz CT molecular complexity index is 956. The third kappa shape index (κ3) is 4.34. The maximum absolute atomic E-state index is 12.7. The number of hydrogen-bond acceptors (Lipinski definition) is 6. The van der Waals surface area contributed by atoms with Crippen molar-refractivity contribution in [1.29, 1.82) is 0 Å². The minimum atomic E-state index is -3.45. The SMILES string of the molecule is COc1ccc(S(=O)(=O)N2CC(N[C@H](C)CCc3ccc4c(c3)OCO4)C2)cc1. The summed E-state index contributed by atoms with van der Waals surface area (Å²) >= 11 is 0. The molecule has 156 valence electrons. The predicted molar refractivity (Wildman–Crippen MR) is 109 cm³/mol. The van der Waals surface area contributed by atoms with Crippen LogP contribution in [0.25, 0.3) is 0 Å². The summed E-state index contributed by atoms with van der Waals surface area (Å²) in [6, 6.07) is 13.0. The summed E-state index contributed by atoms with van der Waals surface area (Å²) in [5, 5.41) is 3.53. The molecule has 29 heavy (non-hydrogen) atoms. The highest BCUT2D eigenvalue weighted by Crippen LogP contribution is 2.33. The second kappa shape index (κ2) is 8.22. The van der Waals surface area contributed by atoms with Crippen molar-refractivity contribution in [3.8, 4) is 17.2 Å². The fraction of sp³-hybridized carbons (Fsp3) is 0.429. The van der Waals surface area contributed by atoms with E-state index in [1.165, 1.54) is 9.87 Å². The van der Waals surface area contributed by atoms with Crippen LogP contribution in [0.15, 0.2) is 47.4 Å². The molecule has 2 aromatic rings. The number of nitrogens with one attached hydrogen (secondary N) is 1. The van der Waals surface area contributed by atoms with Gasteiger partial charge in [0.05, 0.1) is 12.0 Å². The molecule has 2 aromatic carbocycles. The van der Waals surface area contributed by atoms with E-state index in [9.17, 15) is 8.42 Å². The summed E-state index contributed by atoms with van der Waals surface area (Å²) in [4.78, 5) is 0.299. The van der Waals surface area contributed by atoms with Gasteiger partial charge in [0.1, 0.15) is 5.75 Å². The van der Waals surface area contributed by atoms with Gasteiger partial charge in [0.25, 0.3) is 0 Å². The average Bonchev–Trinajstić information content (AvgIpc) is 3.16. The first-order valence-corrected chi connectivity index (χ1v) is 11.2. The molecule has 0 unspecified atom stereocenters. The van der Waals surface area contributed by atoms with Crippen molar-refractivity contribution in [1.82, 2.24) is 9.62 Å². The molecule has 2 aliphatic rings. The molecule has 0 saturated carbocycles. The second-order valence-corrected chi connectivity index (χ2v) is 9.43. The summed E-state index contributed by atoms with van der Waals surface area (Å²) in [5.41, 5.74) is 1.21. The molecule has 4 rings (SSSR count). The van der Waals surface area contributed by atoms with E-state index < -0.39 is 10.0 Å². The quantitative estimate of drug-likeness (QED) is 0.710. The van der Waals surface area contributed by atoms with E-state index in [1.54, 1.807) is 31.4 Å². The van der Waals surface area contributed by atoms with Crippen molar-refractivity contribution >= 4 is 10.0 Å². The third-order valence-corrected chi connectivity index (χ3v) is 7.21. The van der Waals surface area contributed by atoms with Crippen LogP contribution < -0.4 is 19.5 Å². The number of fused-ring (bicyclic) bond motifs is 1. The molecule has 1 fully saturated rings. The molecule has 8 heteroatoms. The fourth-order valence-corrected chi connectivity index (χ4v) is 5.13. The Balaban J connectivity index is 1.24. The van der Waals surface area contributed by atoms with Crippen LogP contribution in [0.1, 0.15) is 18.9 Å². The van der Waals surface area contributed by atoms with Crippen LogP contribution in [-0.4, -0.2) is 51.8 Å². The summed E-state index contributed by atoms with van der Waals surface area (Å²) in [6.45, 7) is 3.40. The maximum atomic E-state index is 12.7. The lowest BCUT2D eigenvalue weighted by Crippen LogP contribution is -2.61.